The summed E-state index contributed by atoms with van der Waals surface area (Å²) in [5.41, 5.74) is 0. The molecule has 0 aromatic rings. The van der Waals surface area contributed by atoms with Crippen molar-refractivity contribution < 1.29 is 322 Å². The molecule has 13 heterocycles. The molecular formula is C82H138N2O65. The highest BCUT2D eigenvalue weighted by Gasteiger charge is 2.64. The molecule has 0 saturated carbocycles. The molecule has 67 nitrogen and oxygen atoms in total. The van der Waals surface area contributed by atoms with Crippen LogP contribution in [0.4, 0.5) is 0 Å². The van der Waals surface area contributed by atoms with Gasteiger partial charge < -0.3 is 323 Å². The van der Waals surface area contributed by atoms with Gasteiger partial charge in [0.25, 0.3) is 0 Å². The molecule has 1 unspecified atom stereocenters. The number of carbonyl (C=O) groups excluding carboxylic acids is 2. The van der Waals surface area contributed by atoms with Gasteiger partial charge in [-0.25, -0.2) is 0 Å². The van der Waals surface area contributed by atoms with E-state index in [1.807, 2.05) is 0 Å². The lowest BCUT2D eigenvalue weighted by Crippen LogP contribution is -2.70. The molecule has 13 saturated heterocycles. The van der Waals surface area contributed by atoms with Crippen molar-refractivity contribution in [3.63, 3.8) is 0 Å². The Morgan fingerprint density at radius 3 is 0.779 bits per heavy atom. The smallest absolute Gasteiger partial charge is 0.217 e. The third kappa shape index (κ3) is 26.4. The van der Waals surface area contributed by atoms with Gasteiger partial charge in [-0.1, -0.05) is 0 Å². The number of hydrogen-bond acceptors (Lipinski definition) is 65. The monoisotopic (exact) mass is 2190 g/mol. The summed E-state index contributed by atoms with van der Waals surface area (Å²) in [4.78, 5) is 26.1. The van der Waals surface area contributed by atoms with Crippen LogP contribution in [-0.2, 0) is 128 Å². The lowest BCUT2D eigenvalue weighted by Gasteiger charge is -2.51. The van der Waals surface area contributed by atoms with E-state index in [1.54, 1.807) is 0 Å². The molecule has 149 heavy (non-hydrogen) atoms. The van der Waals surface area contributed by atoms with Crippen LogP contribution >= 0.6 is 0 Å². The molecule has 0 aromatic heterocycles. The highest BCUT2D eigenvalue weighted by molar-refractivity contribution is 5.73. The number of carbonyl (C=O) groups is 2. The second-order valence-electron chi connectivity index (χ2n) is 38.0. The fourth-order valence-corrected chi connectivity index (χ4v) is 19.3. The zero-order valence-electron chi connectivity index (χ0n) is 79.0. The number of rotatable bonds is 38. The van der Waals surface area contributed by atoms with Gasteiger partial charge in [0.2, 0.25) is 11.8 Å². The summed E-state index contributed by atoms with van der Waals surface area (Å²) < 4.78 is 148. The number of amides is 2. The van der Waals surface area contributed by atoms with Crippen molar-refractivity contribution in [1.82, 2.24) is 10.6 Å². The summed E-state index contributed by atoms with van der Waals surface area (Å²) >= 11 is 0. The van der Waals surface area contributed by atoms with E-state index in [-0.39, 0.29) is 0 Å². The number of nitrogens with one attached hydrogen (secondary N) is 2. The van der Waals surface area contributed by atoms with Crippen molar-refractivity contribution in [3.8, 4) is 0 Å². The Hall–Kier alpha value is -3.58. The van der Waals surface area contributed by atoms with Crippen LogP contribution in [0.5, 0.6) is 0 Å². The maximum atomic E-state index is 13.5. The van der Waals surface area contributed by atoms with Crippen molar-refractivity contribution >= 4 is 11.8 Å². The Morgan fingerprint density at radius 1 is 0.188 bits per heavy atom. The topological polar surface area (TPSA) is 1060 Å². The first-order valence-electron chi connectivity index (χ1n) is 47.6. The fourth-order valence-electron chi connectivity index (χ4n) is 19.3. The summed E-state index contributed by atoms with van der Waals surface area (Å²) in [5, 5.41) is 433. The summed E-state index contributed by atoms with van der Waals surface area (Å²) in [6.45, 7) is -11.3. The van der Waals surface area contributed by atoms with Gasteiger partial charge in [0.05, 0.1) is 85.4 Å². The summed E-state index contributed by atoms with van der Waals surface area (Å²) in [6, 6.07) is -3.98. The first-order chi connectivity index (χ1) is 70.5. The first-order valence-corrected chi connectivity index (χ1v) is 47.6. The van der Waals surface area contributed by atoms with E-state index in [4.69, 9.17) is 118 Å². The van der Waals surface area contributed by atoms with E-state index in [1.165, 1.54) is 6.92 Å². The maximum Gasteiger partial charge on any atom is 0.217 e. The molecule has 13 aliphatic rings. The number of ether oxygens (including phenoxy) is 25. The molecule has 13 aliphatic heterocycles. The van der Waals surface area contributed by atoms with E-state index in [2.05, 4.69) is 10.6 Å². The van der Waals surface area contributed by atoms with Crippen molar-refractivity contribution in [3.05, 3.63) is 0 Å². The van der Waals surface area contributed by atoms with Crippen molar-refractivity contribution in [2.75, 3.05) is 79.3 Å². The average Bonchev–Trinajstić information content (AvgIpc) is 0.762. The number of aliphatic hydroxyl groups excluding tert-OH is 38. The van der Waals surface area contributed by atoms with Gasteiger partial charge in [-0.3, -0.25) is 9.59 Å². The van der Waals surface area contributed by atoms with E-state index in [9.17, 15) is 204 Å². The van der Waals surface area contributed by atoms with Crippen LogP contribution in [0, 0.1) is 0 Å². The van der Waals surface area contributed by atoms with Crippen LogP contribution in [0.2, 0.25) is 0 Å². The van der Waals surface area contributed by atoms with Gasteiger partial charge in [0.1, 0.15) is 311 Å². The largest absolute Gasteiger partial charge is 0.394 e. The fraction of sp³-hybridized carbons (Fsp3) is 0.976. The molecular weight excluding hydrogens is 2050 g/mol. The van der Waals surface area contributed by atoms with Gasteiger partial charge in [-0.15, -0.1) is 0 Å². The van der Waals surface area contributed by atoms with E-state index < -0.39 is 490 Å². The standard InChI is InChI=1S/C82H138N2O65/c1-16-33(96)46(109)54(117)72(128-16)126-15-30-62(44(107)31(70(124)129-30)83-17(2)94)141-71-32(84-18(3)95)45(108)61(27(12-93)138-71)142-78-60(123)65(145-81-69(53(116)40(103)24(9-90)136-81)149-82-68(52(115)39(102)25(10-91)137-82)148-77-59(122)63(41(104)26(11-92)133-77)143-74-55(118)47(110)34(97)19(4-85)130-74)43(106)29(140-78)13-125-73-58(121)64(144-80-67(51(114)38(101)23(8-89)135-80)147-76-57(120)49(112)36(99)21(6-87)132-76)42(105)28(139-73)14-127-79-66(50(113)37(100)22(7-88)134-79)146-75-56(119)48(111)35(98)20(5-86)131-75/h16,19-82,85-93,96-124H,4-15H2,1-3H3,(H,83,94)(H,84,95)/t16-,19+,20+,21+,22+,23+,24+,25+,26+,27+,28+,29+,30+,31+,32+,33+,34+,35+,36+,37+,38+,39+,40+,41+,42+,43+,44+,45+,46+,47-,48-,49-,50-,51-,52-,53-,54-,55+,56-,57-,58-,59-,60-,61+,62+,63-,64-,65-,66-,67-,68-,69-,70?,71-,72+,73-,74+,75+,76+,77+,78-,79-,80+,81+,82+/m0/s1. The normalized spacial score (nSPS) is 52.3. The Balaban J connectivity index is 0.862. The third-order valence-corrected chi connectivity index (χ3v) is 27.9. The molecule has 13 rings (SSSR count). The molecule has 0 bridgehead atoms. The Kier molecular flexibility index (Phi) is 43.7. The van der Waals surface area contributed by atoms with Crippen LogP contribution in [0.3, 0.4) is 0 Å². The van der Waals surface area contributed by atoms with Crippen LogP contribution < -0.4 is 10.6 Å². The van der Waals surface area contributed by atoms with Crippen LogP contribution in [0.15, 0.2) is 0 Å². The second-order valence-corrected chi connectivity index (χ2v) is 38.0. The van der Waals surface area contributed by atoms with Gasteiger partial charge in [0, 0.05) is 13.8 Å². The quantitative estimate of drug-likeness (QED) is 0.0273. The zero-order chi connectivity index (χ0) is 109. The van der Waals surface area contributed by atoms with Crippen LogP contribution in [-0.4, -0.2) is 684 Å². The molecule has 0 aliphatic carbocycles. The SMILES string of the molecule is CC(=O)N[C@H]1[C@H](O[C@H]2[C@H](O)[C@@H](NC(C)=O)C(O)O[C@@H]2CO[C@@H]2O[C@@H](C)[C@@H](O)[C@@H](O)[C@@H]2O)O[C@H](CO)[C@@H](O[C@@H]2O[C@H](CO[C@H]3O[C@H](CO[C@H]4O[C@H](CO)[C@@H](O)[C@H](O)[C@@H]4O[C@H]4O[C@H](CO)[C@@H](O)[C@H](O)[C@@H]4O)[C@@H](O)[C@H](O[C@H]4O[C@H](CO)[C@@H](O)[C@H](O)[C@@H]4O[C@H]4O[C@H](CO)[C@@H](O)[C@H](O)[C@@H]4O)[C@@H]3O)[C@@H](O)[C@H](O[C@H]3O[C@H](CO)[C@@H](O)[C@H](O)[C@@H]3O[C@H]3O[C@H](CO)[C@@H](O)[C@H](O)[C@@H]3O[C@H]3O[C@H](CO)[C@@H](O)[C@H](O[C@H]4O[C@H](CO)[C@@H](O)[C@H](O)[C@H]4O)[C@@H]3O)[C@@H]2O)[C@@H]1O. The minimum absolute atomic E-state index is 0.865. The molecule has 0 radical (unpaired) electrons. The van der Waals surface area contributed by atoms with Gasteiger partial charge in [0.15, 0.2) is 81.8 Å². The van der Waals surface area contributed by atoms with Crippen molar-refractivity contribution in [2.45, 2.75) is 420 Å². The minimum Gasteiger partial charge on any atom is -0.394 e. The molecule has 40 N–H and O–H groups in total. The van der Waals surface area contributed by atoms with Crippen molar-refractivity contribution in [1.29, 1.82) is 0 Å². The molecule has 866 valence electrons. The highest BCUT2D eigenvalue weighted by Crippen LogP contribution is 2.43. The lowest BCUT2D eigenvalue weighted by molar-refractivity contribution is -0.411. The second kappa shape index (κ2) is 53.1. The van der Waals surface area contributed by atoms with Crippen LogP contribution in [0.25, 0.3) is 0 Å². The molecule has 67 heteroatoms. The Morgan fingerprint density at radius 2 is 0.409 bits per heavy atom. The van der Waals surface area contributed by atoms with Crippen molar-refractivity contribution in [2.24, 2.45) is 0 Å². The van der Waals surface area contributed by atoms with E-state index in [0.717, 1.165) is 13.8 Å². The predicted molar refractivity (Wildman–Crippen MR) is 449 cm³/mol. The Labute approximate surface area is 841 Å². The van der Waals surface area contributed by atoms with E-state index in [0.29, 0.717) is 0 Å². The molecule has 65 atom stereocenters. The average molecular weight is 2190 g/mol. The van der Waals surface area contributed by atoms with E-state index >= 15 is 0 Å². The van der Waals surface area contributed by atoms with Gasteiger partial charge in [-0.05, 0) is 6.92 Å². The first kappa shape index (κ1) is 122. The predicted octanol–water partition coefficient (Wildman–Crippen LogP) is -28.0. The molecule has 13 fully saturated rings. The highest BCUT2D eigenvalue weighted by atomic mass is 16.8. The Bertz CT molecular complexity index is 4050. The van der Waals surface area contributed by atoms with Crippen LogP contribution in [0.1, 0.15) is 20.8 Å². The third-order valence-electron chi connectivity index (χ3n) is 27.9. The molecule has 0 spiro atoms. The zero-order valence-corrected chi connectivity index (χ0v) is 79.0. The maximum absolute atomic E-state index is 13.5. The summed E-state index contributed by atoms with van der Waals surface area (Å²) in [7, 11) is 0. The number of hydrogen-bond donors (Lipinski definition) is 40. The van der Waals surface area contributed by atoms with Gasteiger partial charge >= 0.3 is 0 Å². The lowest BCUT2D eigenvalue weighted by atomic mass is 9.93. The summed E-state index contributed by atoms with van der Waals surface area (Å²) in [6.07, 6.45) is -141. The number of aliphatic hydroxyl groups is 38. The van der Waals surface area contributed by atoms with Gasteiger partial charge in [-0.2, -0.15) is 0 Å². The minimum atomic E-state index is -2.80. The molecule has 2 amide bonds. The summed E-state index contributed by atoms with van der Waals surface area (Å²) in [5.74, 6) is -1.97. The molecule has 0 aromatic carbocycles.